The number of hydrogen-bond acceptors (Lipinski definition) is 4. The van der Waals surface area contributed by atoms with E-state index >= 15 is 0 Å². The highest BCUT2D eigenvalue weighted by Gasteiger charge is 2.24. The van der Waals surface area contributed by atoms with Gasteiger partial charge in [0.25, 0.3) is 11.8 Å². The SMILES string of the molecule is CCN(CC)c1ccc(/C=C2\SC(=NC(=O)c3ccc(Cl)cc3)NC2=O)cc1. The molecule has 0 atom stereocenters. The fraction of sp³-hybridized carbons (Fsp3) is 0.190. The number of carbonyl (C=O) groups excluding carboxylic acids is 2. The smallest absolute Gasteiger partial charge is 0.279 e. The zero-order chi connectivity index (χ0) is 20.1. The molecule has 0 unspecified atom stereocenters. The lowest BCUT2D eigenvalue weighted by molar-refractivity contribution is -0.115. The number of carbonyl (C=O) groups is 2. The molecule has 7 heteroatoms. The fourth-order valence-corrected chi connectivity index (χ4v) is 3.70. The lowest BCUT2D eigenvalue weighted by Gasteiger charge is -2.20. The molecule has 1 saturated heterocycles. The average molecular weight is 414 g/mol. The molecule has 2 amide bonds. The topological polar surface area (TPSA) is 61.8 Å². The summed E-state index contributed by atoms with van der Waals surface area (Å²) in [7, 11) is 0. The van der Waals surface area contributed by atoms with Gasteiger partial charge < -0.3 is 10.2 Å². The maximum Gasteiger partial charge on any atom is 0.279 e. The molecule has 0 saturated carbocycles. The third-order valence-electron chi connectivity index (χ3n) is 4.26. The van der Waals surface area contributed by atoms with Gasteiger partial charge in [-0.1, -0.05) is 23.7 Å². The van der Waals surface area contributed by atoms with Gasteiger partial charge in [0.1, 0.15) is 0 Å². The van der Waals surface area contributed by atoms with Crippen molar-refractivity contribution in [3.8, 4) is 0 Å². The van der Waals surface area contributed by atoms with Gasteiger partial charge in [0.2, 0.25) is 0 Å². The molecule has 0 bridgehead atoms. The van der Waals surface area contributed by atoms with Gasteiger partial charge in [-0.2, -0.15) is 4.99 Å². The van der Waals surface area contributed by atoms with Gasteiger partial charge in [-0.25, -0.2) is 0 Å². The summed E-state index contributed by atoms with van der Waals surface area (Å²) in [5.41, 5.74) is 2.47. The van der Waals surface area contributed by atoms with Crippen LogP contribution in [0.2, 0.25) is 5.02 Å². The molecule has 2 aromatic carbocycles. The van der Waals surface area contributed by atoms with Crippen LogP contribution in [-0.4, -0.2) is 30.1 Å². The first-order chi connectivity index (χ1) is 13.5. The molecular formula is C21H20ClN3O2S. The third-order valence-corrected chi connectivity index (χ3v) is 5.43. The molecule has 5 nitrogen and oxygen atoms in total. The quantitative estimate of drug-likeness (QED) is 0.728. The van der Waals surface area contributed by atoms with Crippen molar-refractivity contribution in [2.75, 3.05) is 18.0 Å². The van der Waals surface area contributed by atoms with Crippen molar-refractivity contribution < 1.29 is 9.59 Å². The molecule has 0 radical (unpaired) electrons. The predicted octanol–water partition coefficient (Wildman–Crippen LogP) is 4.59. The van der Waals surface area contributed by atoms with Crippen LogP contribution in [0.25, 0.3) is 6.08 Å². The van der Waals surface area contributed by atoms with Crippen LogP contribution in [0, 0.1) is 0 Å². The van der Waals surface area contributed by atoms with Crippen molar-refractivity contribution in [1.29, 1.82) is 0 Å². The number of amides is 2. The van der Waals surface area contributed by atoms with E-state index in [0.717, 1.165) is 36.1 Å². The van der Waals surface area contributed by atoms with Crippen molar-refractivity contribution in [3.05, 3.63) is 69.6 Å². The largest absolute Gasteiger partial charge is 0.372 e. The van der Waals surface area contributed by atoms with Crippen LogP contribution >= 0.6 is 23.4 Å². The van der Waals surface area contributed by atoms with Gasteiger partial charge in [0.05, 0.1) is 4.91 Å². The first kappa shape index (κ1) is 20.2. The lowest BCUT2D eigenvalue weighted by Crippen LogP contribution is -2.21. The molecule has 3 rings (SSSR count). The Hall–Kier alpha value is -2.57. The third kappa shape index (κ3) is 4.82. The standard InChI is InChI=1S/C21H20ClN3O2S/c1-3-25(4-2)17-11-5-14(6-12-17)13-18-20(27)24-21(28-18)23-19(26)15-7-9-16(22)10-8-15/h5-13H,3-4H2,1-2H3,(H,23,24,26,27)/b18-13-. The van der Waals surface area contributed by atoms with Gasteiger partial charge in [-0.15, -0.1) is 0 Å². The van der Waals surface area contributed by atoms with Crippen LogP contribution < -0.4 is 10.2 Å². The van der Waals surface area contributed by atoms with Crippen molar-refractivity contribution in [3.63, 3.8) is 0 Å². The maximum atomic E-state index is 12.2. The molecule has 144 valence electrons. The number of rotatable bonds is 5. The number of aliphatic imine (C=N–C) groups is 1. The van der Waals surface area contributed by atoms with Gasteiger partial charge in [-0.05, 0) is 73.6 Å². The van der Waals surface area contributed by atoms with E-state index in [2.05, 4.69) is 29.1 Å². The number of halogens is 1. The van der Waals surface area contributed by atoms with Crippen molar-refractivity contribution in [2.24, 2.45) is 4.99 Å². The number of nitrogens with zero attached hydrogens (tertiary/aromatic N) is 2. The van der Waals surface area contributed by atoms with E-state index in [-0.39, 0.29) is 11.1 Å². The molecule has 0 spiro atoms. The second-order valence-corrected chi connectivity index (χ2v) is 7.52. The fourth-order valence-electron chi connectivity index (χ4n) is 2.75. The van der Waals surface area contributed by atoms with E-state index in [9.17, 15) is 9.59 Å². The second-order valence-electron chi connectivity index (χ2n) is 6.06. The van der Waals surface area contributed by atoms with E-state index in [4.69, 9.17) is 11.6 Å². The second kappa shape index (κ2) is 9.08. The minimum atomic E-state index is -0.427. The molecule has 1 heterocycles. The Labute approximate surface area is 173 Å². The molecule has 1 aliphatic rings. The highest BCUT2D eigenvalue weighted by molar-refractivity contribution is 8.18. The molecule has 0 aromatic heterocycles. The van der Waals surface area contributed by atoms with Crippen molar-refractivity contribution in [2.45, 2.75) is 13.8 Å². The van der Waals surface area contributed by atoms with E-state index in [1.807, 2.05) is 24.3 Å². The zero-order valence-corrected chi connectivity index (χ0v) is 17.2. The van der Waals surface area contributed by atoms with E-state index in [0.29, 0.717) is 15.5 Å². The minimum Gasteiger partial charge on any atom is -0.372 e. The average Bonchev–Trinajstić information content (AvgIpc) is 3.03. The molecule has 28 heavy (non-hydrogen) atoms. The van der Waals surface area contributed by atoms with Gasteiger partial charge in [0.15, 0.2) is 5.17 Å². The highest BCUT2D eigenvalue weighted by Crippen LogP contribution is 2.27. The summed E-state index contributed by atoms with van der Waals surface area (Å²) in [6, 6.07) is 14.5. The molecule has 1 N–H and O–H groups in total. The Bertz CT molecular complexity index is 933. The lowest BCUT2D eigenvalue weighted by atomic mass is 10.1. The zero-order valence-electron chi connectivity index (χ0n) is 15.6. The minimum absolute atomic E-state index is 0.263. The van der Waals surface area contributed by atoms with Crippen LogP contribution in [0.15, 0.2) is 58.4 Å². The Morgan fingerprint density at radius 2 is 1.75 bits per heavy atom. The van der Waals surface area contributed by atoms with Crippen LogP contribution in [0.1, 0.15) is 29.8 Å². The van der Waals surface area contributed by atoms with Crippen LogP contribution in [-0.2, 0) is 4.79 Å². The Morgan fingerprint density at radius 1 is 1.11 bits per heavy atom. The normalized spacial score (nSPS) is 16.5. The Balaban J connectivity index is 1.73. The molecule has 1 fully saturated rings. The van der Waals surface area contributed by atoms with Crippen molar-refractivity contribution >= 4 is 52.1 Å². The summed E-state index contributed by atoms with van der Waals surface area (Å²) in [4.78, 5) is 31.2. The Morgan fingerprint density at radius 3 is 2.36 bits per heavy atom. The Kier molecular flexibility index (Phi) is 6.54. The highest BCUT2D eigenvalue weighted by atomic mass is 35.5. The van der Waals surface area contributed by atoms with Gasteiger partial charge >= 0.3 is 0 Å². The molecule has 2 aromatic rings. The number of anilines is 1. The molecule has 1 aliphatic heterocycles. The van der Waals surface area contributed by atoms with Gasteiger partial charge in [-0.3, -0.25) is 9.59 Å². The number of thioether (sulfide) groups is 1. The maximum absolute atomic E-state index is 12.2. The summed E-state index contributed by atoms with van der Waals surface area (Å²) in [6.45, 7) is 6.11. The first-order valence-electron chi connectivity index (χ1n) is 8.94. The summed E-state index contributed by atoms with van der Waals surface area (Å²) in [6.07, 6.45) is 1.79. The number of hydrogen-bond donors (Lipinski definition) is 1. The predicted molar refractivity (Wildman–Crippen MR) is 117 cm³/mol. The van der Waals surface area contributed by atoms with Crippen LogP contribution in [0.5, 0.6) is 0 Å². The summed E-state index contributed by atoms with van der Waals surface area (Å²) in [5.74, 6) is -0.690. The summed E-state index contributed by atoms with van der Waals surface area (Å²) >= 11 is 6.98. The van der Waals surface area contributed by atoms with Gasteiger partial charge in [0, 0.05) is 29.4 Å². The van der Waals surface area contributed by atoms with Crippen molar-refractivity contribution in [1.82, 2.24) is 5.32 Å². The first-order valence-corrected chi connectivity index (χ1v) is 10.1. The summed E-state index contributed by atoms with van der Waals surface area (Å²) < 4.78 is 0. The van der Waals surface area contributed by atoms with E-state index in [1.54, 1.807) is 30.3 Å². The monoisotopic (exact) mass is 413 g/mol. The molecule has 0 aliphatic carbocycles. The molecular weight excluding hydrogens is 394 g/mol. The number of amidine groups is 1. The van der Waals surface area contributed by atoms with Crippen LogP contribution in [0.3, 0.4) is 0 Å². The number of benzene rings is 2. The van der Waals surface area contributed by atoms with Crippen LogP contribution in [0.4, 0.5) is 5.69 Å². The number of nitrogens with one attached hydrogen (secondary N) is 1. The van der Waals surface area contributed by atoms with E-state index < -0.39 is 5.91 Å². The summed E-state index contributed by atoms with van der Waals surface area (Å²) in [5, 5.41) is 3.46. The van der Waals surface area contributed by atoms with E-state index in [1.165, 1.54) is 0 Å².